The van der Waals surface area contributed by atoms with E-state index in [9.17, 15) is 0 Å². The summed E-state index contributed by atoms with van der Waals surface area (Å²) in [7, 11) is 2.23. The van der Waals surface area contributed by atoms with Gasteiger partial charge in [-0.15, -0.1) is 0 Å². The van der Waals surface area contributed by atoms with Crippen LogP contribution in [0.3, 0.4) is 0 Å². The summed E-state index contributed by atoms with van der Waals surface area (Å²) in [6.45, 7) is 10.7. The molecule has 3 aliphatic rings. The van der Waals surface area contributed by atoms with Gasteiger partial charge in [-0.3, -0.25) is 0 Å². The first-order valence-corrected chi connectivity index (χ1v) is 5.74. The van der Waals surface area contributed by atoms with Gasteiger partial charge in [0.25, 0.3) is 0 Å². The number of ether oxygens (including phenoxy) is 1. The number of rotatable bonds is 0. The molecule has 3 fully saturated rings. The average molecular weight is 198 g/mol. The minimum Gasteiger partial charge on any atom is -0.380 e. The Labute approximate surface area is 86.8 Å². The van der Waals surface area contributed by atoms with Gasteiger partial charge in [-0.1, -0.05) is 13.8 Å². The first-order valence-electron chi connectivity index (χ1n) is 5.74. The van der Waals surface area contributed by atoms with Crippen molar-refractivity contribution in [2.75, 3.05) is 46.4 Å². The lowest BCUT2D eigenvalue weighted by atomic mass is 9.71. The van der Waals surface area contributed by atoms with Crippen LogP contribution in [0.15, 0.2) is 0 Å². The molecule has 0 spiro atoms. The number of nitrogens with one attached hydrogen (secondary N) is 1. The van der Waals surface area contributed by atoms with Crippen molar-refractivity contribution < 1.29 is 4.74 Å². The molecular weight excluding hydrogens is 176 g/mol. The summed E-state index contributed by atoms with van der Waals surface area (Å²) in [6, 6.07) is 0. The summed E-state index contributed by atoms with van der Waals surface area (Å²) in [5.41, 5.74) is 0.920. The first-order chi connectivity index (χ1) is 6.77. The van der Waals surface area contributed by atoms with Crippen LogP contribution in [0.25, 0.3) is 0 Å². The Morgan fingerprint density at radius 1 is 1.07 bits per heavy atom. The molecule has 0 aromatic carbocycles. The summed E-state index contributed by atoms with van der Waals surface area (Å²) in [5.74, 6) is 0. The molecule has 3 heteroatoms. The van der Waals surface area contributed by atoms with Crippen LogP contribution in [-0.4, -0.2) is 51.3 Å². The van der Waals surface area contributed by atoms with Gasteiger partial charge < -0.3 is 15.0 Å². The number of hydrogen-bond donors (Lipinski definition) is 1. The largest absolute Gasteiger partial charge is 0.380 e. The second kappa shape index (κ2) is 3.47. The van der Waals surface area contributed by atoms with Crippen LogP contribution in [0.5, 0.6) is 0 Å². The third kappa shape index (κ3) is 1.16. The maximum atomic E-state index is 5.64. The minimum absolute atomic E-state index is 0.460. The summed E-state index contributed by atoms with van der Waals surface area (Å²) in [4.78, 5) is 2.46. The van der Waals surface area contributed by atoms with E-state index in [4.69, 9.17) is 4.74 Å². The SMILES string of the molecule is CC.CN1CC23CNCC2(COC3)C1. The molecule has 1 N–H and O–H groups in total. The number of hydrogen-bond acceptors (Lipinski definition) is 3. The lowest BCUT2D eigenvalue weighted by Crippen LogP contribution is -2.38. The maximum absolute atomic E-state index is 5.64. The molecule has 0 amide bonds. The van der Waals surface area contributed by atoms with E-state index in [1.807, 2.05) is 13.8 Å². The Kier molecular flexibility index (Phi) is 2.58. The van der Waals surface area contributed by atoms with Gasteiger partial charge in [-0.05, 0) is 7.05 Å². The zero-order chi connectivity index (χ0) is 10.2. The summed E-state index contributed by atoms with van der Waals surface area (Å²) in [5, 5.41) is 3.52. The molecule has 0 saturated carbocycles. The molecule has 82 valence electrons. The molecule has 0 aromatic heterocycles. The van der Waals surface area contributed by atoms with E-state index in [1.165, 1.54) is 13.1 Å². The Hall–Kier alpha value is -0.120. The normalized spacial score (nSPS) is 45.6. The highest BCUT2D eigenvalue weighted by atomic mass is 16.5. The zero-order valence-electron chi connectivity index (χ0n) is 9.60. The zero-order valence-corrected chi connectivity index (χ0v) is 9.60. The van der Waals surface area contributed by atoms with Crippen LogP contribution in [0.1, 0.15) is 13.8 Å². The standard InChI is InChI=1S/C9H16N2O.C2H6/c1-11-4-8-2-10-3-9(8,5-11)7-12-6-8;1-2/h10H,2-7H2,1H3;1-2H3. The van der Waals surface area contributed by atoms with Crippen LogP contribution in [0, 0.1) is 10.8 Å². The van der Waals surface area contributed by atoms with Crippen LogP contribution >= 0.6 is 0 Å². The van der Waals surface area contributed by atoms with Gasteiger partial charge in [0.15, 0.2) is 0 Å². The minimum atomic E-state index is 0.460. The topological polar surface area (TPSA) is 24.5 Å². The second-order valence-electron chi connectivity index (χ2n) is 4.83. The molecule has 0 radical (unpaired) electrons. The molecule has 2 unspecified atom stereocenters. The monoisotopic (exact) mass is 198 g/mol. The van der Waals surface area contributed by atoms with Crippen LogP contribution in [0.4, 0.5) is 0 Å². The summed E-state index contributed by atoms with van der Waals surface area (Å²) < 4.78 is 5.64. The molecule has 3 nitrogen and oxygen atoms in total. The van der Waals surface area contributed by atoms with E-state index in [2.05, 4.69) is 17.3 Å². The Morgan fingerprint density at radius 2 is 1.57 bits per heavy atom. The molecule has 0 aromatic rings. The van der Waals surface area contributed by atoms with Crippen molar-refractivity contribution in [3.05, 3.63) is 0 Å². The average Bonchev–Trinajstić information content (AvgIpc) is 2.67. The van der Waals surface area contributed by atoms with Crippen molar-refractivity contribution in [3.8, 4) is 0 Å². The lowest BCUT2D eigenvalue weighted by Gasteiger charge is -2.27. The quantitative estimate of drug-likeness (QED) is 0.616. The molecule has 3 rings (SSSR count). The highest BCUT2D eigenvalue weighted by molar-refractivity contribution is 5.14. The van der Waals surface area contributed by atoms with Crippen molar-refractivity contribution in [3.63, 3.8) is 0 Å². The fourth-order valence-electron chi connectivity index (χ4n) is 3.39. The third-order valence-corrected chi connectivity index (χ3v) is 3.95. The van der Waals surface area contributed by atoms with Gasteiger partial charge in [-0.2, -0.15) is 0 Å². The Bertz CT molecular complexity index is 187. The summed E-state index contributed by atoms with van der Waals surface area (Å²) in [6.07, 6.45) is 0. The second-order valence-corrected chi connectivity index (χ2v) is 4.83. The Morgan fingerprint density at radius 3 is 2.07 bits per heavy atom. The fraction of sp³-hybridized carbons (Fsp3) is 1.00. The van der Waals surface area contributed by atoms with E-state index in [-0.39, 0.29) is 0 Å². The van der Waals surface area contributed by atoms with E-state index in [0.717, 1.165) is 26.3 Å². The molecule has 2 atom stereocenters. The third-order valence-electron chi connectivity index (χ3n) is 3.95. The van der Waals surface area contributed by atoms with E-state index < -0.39 is 0 Å². The number of nitrogens with zero attached hydrogens (tertiary/aromatic N) is 1. The molecular formula is C11H22N2O. The molecule has 3 aliphatic heterocycles. The highest BCUT2D eigenvalue weighted by Gasteiger charge is 2.63. The summed E-state index contributed by atoms with van der Waals surface area (Å²) >= 11 is 0. The van der Waals surface area contributed by atoms with Gasteiger partial charge in [0.1, 0.15) is 0 Å². The van der Waals surface area contributed by atoms with Gasteiger partial charge in [-0.25, -0.2) is 0 Å². The van der Waals surface area contributed by atoms with Crippen LogP contribution in [0.2, 0.25) is 0 Å². The maximum Gasteiger partial charge on any atom is 0.0554 e. The first kappa shape index (κ1) is 10.4. The van der Waals surface area contributed by atoms with E-state index in [0.29, 0.717) is 10.8 Å². The van der Waals surface area contributed by atoms with Crippen molar-refractivity contribution >= 4 is 0 Å². The lowest BCUT2D eigenvalue weighted by molar-refractivity contribution is 0.124. The Balaban J connectivity index is 0.000000354. The van der Waals surface area contributed by atoms with Gasteiger partial charge >= 0.3 is 0 Å². The number of likely N-dealkylation sites (tertiary alicyclic amines) is 1. The molecule has 3 saturated heterocycles. The van der Waals surface area contributed by atoms with Crippen LogP contribution in [-0.2, 0) is 4.74 Å². The predicted octanol–water partition coefficient (Wildman–Crippen LogP) is 0.564. The van der Waals surface area contributed by atoms with Gasteiger partial charge in [0.05, 0.1) is 13.2 Å². The molecule has 0 aliphatic carbocycles. The molecule has 3 heterocycles. The van der Waals surface area contributed by atoms with Crippen molar-refractivity contribution in [1.29, 1.82) is 0 Å². The predicted molar refractivity (Wildman–Crippen MR) is 57.4 cm³/mol. The van der Waals surface area contributed by atoms with Crippen LogP contribution < -0.4 is 5.32 Å². The smallest absolute Gasteiger partial charge is 0.0554 e. The van der Waals surface area contributed by atoms with Gasteiger partial charge in [0.2, 0.25) is 0 Å². The fourth-order valence-corrected chi connectivity index (χ4v) is 3.39. The highest BCUT2D eigenvalue weighted by Crippen LogP contribution is 2.52. The molecule has 0 bridgehead atoms. The van der Waals surface area contributed by atoms with Crippen molar-refractivity contribution in [1.82, 2.24) is 10.2 Å². The van der Waals surface area contributed by atoms with Gasteiger partial charge in [0, 0.05) is 37.0 Å². The van der Waals surface area contributed by atoms with E-state index in [1.54, 1.807) is 0 Å². The van der Waals surface area contributed by atoms with Crippen molar-refractivity contribution in [2.24, 2.45) is 10.8 Å². The van der Waals surface area contributed by atoms with Crippen molar-refractivity contribution in [2.45, 2.75) is 13.8 Å². The molecule has 14 heavy (non-hydrogen) atoms. The van der Waals surface area contributed by atoms with E-state index >= 15 is 0 Å².